The fourth-order valence-electron chi connectivity index (χ4n) is 2.91. The molecule has 2 aliphatic rings. The first-order valence-corrected chi connectivity index (χ1v) is 7.16. The van der Waals surface area contributed by atoms with E-state index in [2.05, 4.69) is 42.9 Å². The highest BCUT2D eigenvalue weighted by Crippen LogP contribution is 2.29. The maximum absolute atomic E-state index is 4.66. The average Bonchev–Trinajstić information content (AvgIpc) is 2.92. The smallest absolute Gasteiger partial charge is 0.194 e. The Morgan fingerprint density at radius 2 is 1.72 bits per heavy atom. The predicted octanol–water partition coefficient (Wildman–Crippen LogP) is 2.96. The molecule has 2 fully saturated rings. The zero-order valence-corrected chi connectivity index (χ0v) is 14.5. The summed E-state index contributed by atoms with van der Waals surface area (Å²) in [6.07, 6.45) is 2.66. The monoisotopic (exact) mass is 365 g/mol. The van der Waals surface area contributed by atoms with Crippen LogP contribution >= 0.6 is 24.0 Å². The van der Waals surface area contributed by atoms with E-state index in [1.165, 1.54) is 12.8 Å². The zero-order chi connectivity index (χ0) is 12.4. The van der Waals surface area contributed by atoms with E-state index in [1.807, 2.05) is 0 Å². The van der Waals surface area contributed by atoms with Crippen LogP contribution in [0.4, 0.5) is 0 Å². The van der Waals surface area contributed by atoms with Gasteiger partial charge in [0.2, 0.25) is 0 Å². The predicted molar refractivity (Wildman–Crippen MR) is 88.6 cm³/mol. The standard InChI is InChI=1S/C14H27N3.HI/c1-5-15-14(16-13-7-12(13)4)17-8-10(2)6-11(3)9-17;/h10-13H,5-9H2,1-4H3,(H,15,16);1H. The van der Waals surface area contributed by atoms with Crippen molar-refractivity contribution in [3.8, 4) is 0 Å². The summed E-state index contributed by atoms with van der Waals surface area (Å²) in [6.45, 7) is 12.3. The summed E-state index contributed by atoms with van der Waals surface area (Å²) in [5.41, 5.74) is 0. The molecule has 0 spiro atoms. The van der Waals surface area contributed by atoms with Crippen molar-refractivity contribution in [1.29, 1.82) is 0 Å². The SMILES string of the molecule is CCN=C(NC1CC1C)N1CC(C)CC(C)C1.I. The van der Waals surface area contributed by atoms with E-state index < -0.39 is 0 Å². The lowest BCUT2D eigenvalue weighted by Gasteiger charge is -2.37. The number of piperidine rings is 1. The van der Waals surface area contributed by atoms with E-state index >= 15 is 0 Å². The van der Waals surface area contributed by atoms with Gasteiger partial charge in [-0.3, -0.25) is 4.99 Å². The molecule has 0 amide bonds. The van der Waals surface area contributed by atoms with Crippen molar-refractivity contribution in [2.75, 3.05) is 19.6 Å². The second-order valence-corrected chi connectivity index (χ2v) is 6.11. The Balaban J connectivity index is 0.00000162. The Hall–Kier alpha value is 0. The first kappa shape index (κ1) is 16.1. The molecule has 1 N–H and O–H groups in total. The molecular weight excluding hydrogens is 337 g/mol. The van der Waals surface area contributed by atoms with Crippen LogP contribution in [0.5, 0.6) is 0 Å². The van der Waals surface area contributed by atoms with Crippen LogP contribution in [0.25, 0.3) is 0 Å². The molecule has 1 heterocycles. The molecule has 0 bridgehead atoms. The van der Waals surface area contributed by atoms with Crippen LogP contribution in [0.1, 0.15) is 40.5 Å². The van der Waals surface area contributed by atoms with Gasteiger partial charge in [-0.2, -0.15) is 0 Å². The van der Waals surface area contributed by atoms with Crippen LogP contribution in [0.15, 0.2) is 4.99 Å². The highest BCUT2D eigenvalue weighted by Gasteiger charge is 2.35. The number of nitrogens with zero attached hydrogens (tertiary/aromatic N) is 2. The highest BCUT2D eigenvalue weighted by molar-refractivity contribution is 14.0. The van der Waals surface area contributed by atoms with Crippen LogP contribution in [-0.2, 0) is 0 Å². The third kappa shape index (κ3) is 4.28. The molecule has 0 aromatic heterocycles. The van der Waals surface area contributed by atoms with E-state index in [9.17, 15) is 0 Å². The lowest BCUT2D eigenvalue weighted by atomic mass is 9.92. The minimum atomic E-state index is 0. The van der Waals surface area contributed by atoms with Gasteiger partial charge in [0, 0.05) is 25.7 Å². The second-order valence-electron chi connectivity index (χ2n) is 6.11. The third-order valence-electron chi connectivity index (χ3n) is 3.90. The molecule has 4 unspecified atom stereocenters. The quantitative estimate of drug-likeness (QED) is 0.463. The summed E-state index contributed by atoms with van der Waals surface area (Å²) < 4.78 is 0. The van der Waals surface area contributed by atoms with Crippen LogP contribution in [0, 0.1) is 17.8 Å². The molecule has 1 saturated heterocycles. The normalized spacial score (nSPS) is 36.0. The number of hydrogen-bond donors (Lipinski definition) is 1. The Kier molecular flexibility index (Phi) is 6.21. The first-order chi connectivity index (χ1) is 8.10. The summed E-state index contributed by atoms with van der Waals surface area (Å²) in [7, 11) is 0. The summed E-state index contributed by atoms with van der Waals surface area (Å²) in [5.74, 6) is 3.57. The largest absolute Gasteiger partial charge is 0.353 e. The lowest BCUT2D eigenvalue weighted by molar-refractivity contribution is 0.208. The molecule has 18 heavy (non-hydrogen) atoms. The van der Waals surface area contributed by atoms with Gasteiger partial charge in [0.1, 0.15) is 0 Å². The summed E-state index contributed by atoms with van der Waals surface area (Å²) in [4.78, 5) is 7.13. The maximum atomic E-state index is 4.66. The van der Waals surface area contributed by atoms with E-state index in [4.69, 9.17) is 0 Å². The number of guanidine groups is 1. The van der Waals surface area contributed by atoms with Crippen molar-refractivity contribution in [3.63, 3.8) is 0 Å². The molecule has 3 nitrogen and oxygen atoms in total. The van der Waals surface area contributed by atoms with Crippen molar-refractivity contribution in [3.05, 3.63) is 0 Å². The number of hydrogen-bond acceptors (Lipinski definition) is 1. The Morgan fingerprint density at radius 1 is 1.17 bits per heavy atom. The third-order valence-corrected chi connectivity index (χ3v) is 3.90. The van der Waals surface area contributed by atoms with Gasteiger partial charge in [-0.25, -0.2) is 0 Å². The Morgan fingerprint density at radius 3 is 2.17 bits per heavy atom. The number of nitrogens with one attached hydrogen (secondary N) is 1. The van der Waals surface area contributed by atoms with Crippen molar-refractivity contribution in [2.45, 2.75) is 46.6 Å². The summed E-state index contributed by atoms with van der Waals surface area (Å²) >= 11 is 0. The van der Waals surface area contributed by atoms with Gasteiger partial charge in [-0.05, 0) is 37.5 Å². The molecule has 1 aliphatic carbocycles. The fraction of sp³-hybridized carbons (Fsp3) is 0.929. The van der Waals surface area contributed by atoms with Gasteiger partial charge in [0.15, 0.2) is 5.96 Å². The Labute approximate surface area is 129 Å². The zero-order valence-electron chi connectivity index (χ0n) is 12.1. The molecule has 4 atom stereocenters. The maximum Gasteiger partial charge on any atom is 0.194 e. The summed E-state index contributed by atoms with van der Waals surface area (Å²) in [5, 5.41) is 3.63. The topological polar surface area (TPSA) is 27.6 Å². The highest BCUT2D eigenvalue weighted by atomic mass is 127. The van der Waals surface area contributed by atoms with Crippen LogP contribution in [0.2, 0.25) is 0 Å². The lowest BCUT2D eigenvalue weighted by Crippen LogP contribution is -2.49. The number of likely N-dealkylation sites (tertiary alicyclic amines) is 1. The molecule has 106 valence electrons. The van der Waals surface area contributed by atoms with Crippen LogP contribution in [0.3, 0.4) is 0 Å². The van der Waals surface area contributed by atoms with Crippen molar-refractivity contribution < 1.29 is 0 Å². The Bertz CT molecular complexity index is 283. The van der Waals surface area contributed by atoms with Gasteiger partial charge in [0.05, 0.1) is 0 Å². The number of aliphatic imine (C=N–C) groups is 1. The molecule has 4 heteroatoms. The number of rotatable bonds is 2. The molecule has 0 aromatic carbocycles. The first-order valence-electron chi connectivity index (χ1n) is 7.16. The minimum Gasteiger partial charge on any atom is -0.353 e. The number of halogens is 1. The van der Waals surface area contributed by atoms with Gasteiger partial charge >= 0.3 is 0 Å². The molecule has 0 aromatic rings. The van der Waals surface area contributed by atoms with E-state index in [0.29, 0.717) is 6.04 Å². The van der Waals surface area contributed by atoms with Gasteiger partial charge in [-0.15, -0.1) is 24.0 Å². The molecular formula is C14H28IN3. The van der Waals surface area contributed by atoms with Crippen molar-refractivity contribution in [1.82, 2.24) is 10.2 Å². The van der Waals surface area contributed by atoms with Gasteiger partial charge in [-0.1, -0.05) is 20.8 Å². The van der Waals surface area contributed by atoms with Gasteiger partial charge < -0.3 is 10.2 Å². The molecule has 2 rings (SSSR count). The van der Waals surface area contributed by atoms with Gasteiger partial charge in [0.25, 0.3) is 0 Å². The molecule has 1 saturated carbocycles. The molecule has 1 aliphatic heterocycles. The van der Waals surface area contributed by atoms with E-state index in [-0.39, 0.29) is 24.0 Å². The van der Waals surface area contributed by atoms with Crippen molar-refractivity contribution >= 4 is 29.9 Å². The minimum absolute atomic E-state index is 0. The fourth-order valence-corrected chi connectivity index (χ4v) is 2.91. The van der Waals surface area contributed by atoms with E-state index in [1.54, 1.807) is 0 Å². The van der Waals surface area contributed by atoms with Crippen molar-refractivity contribution in [2.24, 2.45) is 22.7 Å². The van der Waals surface area contributed by atoms with Crippen LogP contribution < -0.4 is 5.32 Å². The van der Waals surface area contributed by atoms with Crippen LogP contribution in [-0.4, -0.2) is 36.5 Å². The summed E-state index contributed by atoms with van der Waals surface area (Å²) in [6, 6.07) is 0.674. The second kappa shape index (κ2) is 6.96. The van der Waals surface area contributed by atoms with E-state index in [0.717, 1.165) is 43.3 Å². The molecule has 0 radical (unpaired) electrons. The average molecular weight is 365 g/mol.